The fourth-order valence-corrected chi connectivity index (χ4v) is 2.99. The number of H-pyrrole nitrogens is 1. The highest BCUT2D eigenvalue weighted by Crippen LogP contribution is 2.30. The highest BCUT2D eigenvalue weighted by Gasteiger charge is 2.14. The molecule has 0 spiro atoms. The van der Waals surface area contributed by atoms with Crippen LogP contribution in [-0.4, -0.2) is 9.55 Å². The van der Waals surface area contributed by atoms with Crippen LogP contribution >= 0.6 is 35.4 Å². The number of aromatic nitrogens is 2. The second kappa shape index (κ2) is 4.88. The summed E-state index contributed by atoms with van der Waals surface area (Å²) in [5, 5.41) is 0.618. The van der Waals surface area contributed by atoms with Crippen LogP contribution in [0.1, 0.15) is 5.56 Å². The molecule has 0 fully saturated rings. The van der Waals surface area contributed by atoms with E-state index in [0.29, 0.717) is 20.8 Å². The van der Waals surface area contributed by atoms with Crippen LogP contribution in [0.5, 0.6) is 0 Å². The van der Waals surface area contributed by atoms with Crippen molar-refractivity contribution in [1.82, 2.24) is 9.55 Å². The fourth-order valence-electron chi connectivity index (χ4n) is 2.23. The number of nitrogens with one attached hydrogen (secondary N) is 1. The molecule has 20 heavy (non-hydrogen) atoms. The summed E-state index contributed by atoms with van der Waals surface area (Å²) < 4.78 is 15.7. The van der Waals surface area contributed by atoms with Gasteiger partial charge in [-0.2, -0.15) is 0 Å². The third kappa shape index (κ3) is 2.04. The van der Waals surface area contributed by atoms with Gasteiger partial charge in [-0.05, 0) is 36.8 Å². The first-order chi connectivity index (χ1) is 9.49. The van der Waals surface area contributed by atoms with Gasteiger partial charge in [0.15, 0.2) is 4.77 Å². The largest absolute Gasteiger partial charge is 0.330 e. The Hall–Kier alpha value is -1.36. The summed E-state index contributed by atoms with van der Waals surface area (Å²) in [6.07, 6.45) is 0. The molecule has 0 bridgehead atoms. The van der Waals surface area contributed by atoms with Gasteiger partial charge in [-0.3, -0.25) is 4.57 Å². The zero-order chi connectivity index (χ0) is 14.4. The lowest BCUT2D eigenvalue weighted by molar-refractivity contribution is 0.630. The lowest BCUT2D eigenvalue weighted by Crippen LogP contribution is -1.98. The van der Waals surface area contributed by atoms with E-state index < -0.39 is 5.82 Å². The van der Waals surface area contributed by atoms with Crippen molar-refractivity contribution >= 4 is 46.5 Å². The molecule has 0 aliphatic carbocycles. The summed E-state index contributed by atoms with van der Waals surface area (Å²) in [6, 6.07) is 8.46. The predicted molar refractivity (Wildman–Crippen MR) is 83.2 cm³/mol. The average Bonchev–Trinajstić information content (AvgIpc) is 2.67. The molecule has 0 amide bonds. The number of imidazole rings is 1. The lowest BCUT2D eigenvalue weighted by Gasteiger charge is -2.10. The summed E-state index contributed by atoms with van der Waals surface area (Å²) in [5.41, 5.74) is 3.01. The molecule has 1 aromatic heterocycles. The molecular weight excluding hydrogens is 318 g/mol. The van der Waals surface area contributed by atoms with E-state index >= 15 is 0 Å². The van der Waals surface area contributed by atoms with Crippen LogP contribution in [0.2, 0.25) is 10.0 Å². The van der Waals surface area contributed by atoms with Gasteiger partial charge >= 0.3 is 0 Å². The van der Waals surface area contributed by atoms with Crippen LogP contribution in [0.15, 0.2) is 30.3 Å². The number of hydrogen-bond acceptors (Lipinski definition) is 1. The van der Waals surface area contributed by atoms with Crippen molar-refractivity contribution in [2.45, 2.75) is 6.92 Å². The minimum atomic E-state index is -0.488. The van der Waals surface area contributed by atoms with Gasteiger partial charge in [-0.25, -0.2) is 4.39 Å². The quantitative estimate of drug-likeness (QED) is 0.590. The number of halogens is 3. The molecule has 3 aromatic rings. The normalized spacial score (nSPS) is 11.2. The van der Waals surface area contributed by atoms with E-state index in [4.69, 9.17) is 35.4 Å². The Bertz CT molecular complexity index is 862. The molecule has 0 saturated heterocycles. The SMILES string of the molecule is Cc1cccc(Cl)c1-n1c(=S)[nH]c2cc(F)c(Cl)cc21. The Labute approximate surface area is 129 Å². The highest BCUT2D eigenvalue weighted by molar-refractivity contribution is 7.71. The maximum atomic E-state index is 13.5. The first-order valence-corrected chi connectivity index (χ1v) is 7.00. The molecule has 0 aliphatic heterocycles. The van der Waals surface area contributed by atoms with E-state index in [1.807, 2.05) is 19.1 Å². The number of benzene rings is 2. The molecule has 2 nitrogen and oxygen atoms in total. The van der Waals surface area contributed by atoms with Gasteiger partial charge < -0.3 is 4.98 Å². The Kier molecular flexibility index (Phi) is 3.32. The van der Waals surface area contributed by atoms with Crippen LogP contribution in [0.3, 0.4) is 0 Å². The molecular formula is C14H9Cl2FN2S. The molecule has 102 valence electrons. The minimum Gasteiger partial charge on any atom is -0.330 e. The predicted octanol–water partition coefficient (Wildman–Crippen LogP) is 5.44. The summed E-state index contributed by atoms with van der Waals surface area (Å²) in [7, 11) is 0. The van der Waals surface area contributed by atoms with E-state index in [0.717, 1.165) is 11.3 Å². The second-order valence-corrected chi connectivity index (χ2v) is 5.66. The topological polar surface area (TPSA) is 20.7 Å². The Balaban J connectivity index is 2.46. The summed E-state index contributed by atoms with van der Waals surface area (Å²) in [6.45, 7) is 1.94. The van der Waals surface area contributed by atoms with Crippen LogP contribution in [0, 0.1) is 17.5 Å². The minimum absolute atomic E-state index is 0.0463. The molecule has 0 radical (unpaired) electrons. The van der Waals surface area contributed by atoms with Gasteiger partial charge in [-0.15, -0.1) is 0 Å². The molecule has 0 saturated carbocycles. The van der Waals surface area contributed by atoms with Crippen molar-refractivity contribution in [3.8, 4) is 5.69 Å². The first kappa shape index (κ1) is 13.6. The summed E-state index contributed by atoms with van der Waals surface area (Å²) in [5.74, 6) is -0.488. The zero-order valence-corrected chi connectivity index (χ0v) is 12.7. The van der Waals surface area contributed by atoms with Crippen molar-refractivity contribution in [1.29, 1.82) is 0 Å². The maximum absolute atomic E-state index is 13.5. The maximum Gasteiger partial charge on any atom is 0.182 e. The van der Waals surface area contributed by atoms with Crippen LogP contribution < -0.4 is 0 Å². The lowest BCUT2D eigenvalue weighted by atomic mass is 10.2. The standard InChI is InChI=1S/C14H9Cl2FN2S/c1-7-3-2-4-8(15)13(7)19-12-5-9(16)10(17)6-11(12)18-14(19)20/h2-6H,1H3,(H,18,20). The molecule has 0 aliphatic rings. The van der Waals surface area contributed by atoms with Crippen molar-refractivity contribution in [2.75, 3.05) is 0 Å². The van der Waals surface area contributed by atoms with E-state index in [1.165, 1.54) is 6.07 Å². The smallest absolute Gasteiger partial charge is 0.182 e. The van der Waals surface area contributed by atoms with Crippen LogP contribution in [-0.2, 0) is 0 Å². The van der Waals surface area contributed by atoms with Crippen molar-refractivity contribution < 1.29 is 4.39 Å². The van der Waals surface area contributed by atoms with Crippen LogP contribution in [0.25, 0.3) is 16.7 Å². The van der Waals surface area contributed by atoms with Gasteiger partial charge in [0.1, 0.15) is 5.82 Å². The summed E-state index contributed by atoms with van der Waals surface area (Å²) >= 11 is 17.5. The summed E-state index contributed by atoms with van der Waals surface area (Å²) in [4.78, 5) is 2.97. The van der Waals surface area contributed by atoms with Crippen molar-refractivity contribution in [2.24, 2.45) is 0 Å². The number of para-hydroxylation sites is 1. The van der Waals surface area contributed by atoms with Crippen LogP contribution in [0.4, 0.5) is 4.39 Å². The molecule has 1 heterocycles. The molecule has 2 aromatic carbocycles. The number of rotatable bonds is 1. The number of aromatic amines is 1. The zero-order valence-electron chi connectivity index (χ0n) is 10.4. The van der Waals surface area contributed by atoms with Crippen molar-refractivity contribution in [3.05, 3.63) is 56.5 Å². The van der Waals surface area contributed by atoms with Gasteiger partial charge in [0.25, 0.3) is 0 Å². The second-order valence-electron chi connectivity index (χ2n) is 4.45. The van der Waals surface area contributed by atoms with E-state index in [2.05, 4.69) is 4.98 Å². The molecule has 3 rings (SSSR count). The number of fused-ring (bicyclic) bond motifs is 1. The van der Waals surface area contributed by atoms with Gasteiger partial charge in [0.2, 0.25) is 0 Å². The molecule has 1 N–H and O–H groups in total. The monoisotopic (exact) mass is 326 g/mol. The van der Waals surface area contributed by atoms with E-state index in [-0.39, 0.29) is 5.02 Å². The molecule has 6 heteroatoms. The third-order valence-electron chi connectivity index (χ3n) is 3.14. The van der Waals surface area contributed by atoms with Gasteiger partial charge in [-0.1, -0.05) is 35.3 Å². The van der Waals surface area contributed by atoms with Crippen molar-refractivity contribution in [3.63, 3.8) is 0 Å². The molecule has 0 atom stereocenters. The number of aryl methyl sites for hydroxylation is 1. The Morgan fingerprint density at radius 1 is 1.20 bits per heavy atom. The number of hydrogen-bond donors (Lipinski definition) is 1. The number of nitrogens with zero attached hydrogens (tertiary/aromatic N) is 1. The van der Waals surface area contributed by atoms with Gasteiger partial charge in [0, 0.05) is 6.07 Å². The fraction of sp³-hybridized carbons (Fsp3) is 0.0714. The Morgan fingerprint density at radius 3 is 2.65 bits per heavy atom. The first-order valence-electron chi connectivity index (χ1n) is 5.84. The molecule has 0 unspecified atom stereocenters. The van der Waals surface area contributed by atoms with E-state index in [1.54, 1.807) is 16.7 Å². The highest BCUT2D eigenvalue weighted by atomic mass is 35.5. The average molecular weight is 327 g/mol. The van der Waals surface area contributed by atoms with Gasteiger partial charge in [0.05, 0.1) is 26.8 Å². The Morgan fingerprint density at radius 2 is 1.95 bits per heavy atom. The third-order valence-corrected chi connectivity index (χ3v) is 4.02. The van der Waals surface area contributed by atoms with E-state index in [9.17, 15) is 4.39 Å².